The van der Waals surface area contributed by atoms with Crippen LogP contribution in [0.15, 0.2) is 0 Å². The third-order valence-electron chi connectivity index (χ3n) is 6.80. The summed E-state index contributed by atoms with van der Waals surface area (Å²) in [4.78, 5) is 8.24. The smallest absolute Gasteiger partial charge is 0.303 e. The minimum Gasteiger partial charge on any atom is -0.303 e. The zero-order chi connectivity index (χ0) is 26.0. The van der Waals surface area contributed by atoms with Crippen molar-refractivity contribution in [2.75, 3.05) is 14.2 Å². The number of rotatable bonds is 24. The molecule has 0 heterocycles. The highest BCUT2D eigenvalue weighted by atomic mass is 31.2. The van der Waals surface area contributed by atoms with Crippen LogP contribution in [0.2, 0.25) is 0 Å². The van der Waals surface area contributed by atoms with Crippen molar-refractivity contribution in [1.82, 2.24) is 0 Å². The van der Waals surface area contributed by atoms with Crippen LogP contribution in [0.1, 0.15) is 162 Å². The Morgan fingerprint density at radius 3 is 1.00 bits per heavy atom. The van der Waals surface area contributed by atoms with Crippen LogP contribution in [-0.4, -0.2) is 24.3 Å². The SMILES string of the molecule is CCCCCCCCCC(P)(CCCCCCCC)CCCCCCCC.COP(=O)(O)OC. The van der Waals surface area contributed by atoms with E-state index in [0.717, 1.165) is 14.2 Å². The average Bonchev–Trinajstić information content (AvgIpc) is 2.83. The van der Waals surface area contributed by atoms with Crippen molar-refractivity contribution < 1.29 is 18.5 Å². The van der Waals surface area contributed by atoms with Crippen LogP contribution in [-0.2, 0) is 13.6 Å². The summed E-state index contributed by atoms with van der Waals surface area (Å²) >= 11 is 0. The molecule has 34 heavy (non-hydrogen) atoms. The van der Waals surface area contributed by atoms with Crippen molar-refractivity contribution in [3.63, 3.8) is 0 Å². The van der Waals surface area contributed by atoms with Crippen molar-refractivity contribution in [2.24, 2.45) is 0 Å². The predicted molar refractivity (Wildman–Crippen MR) is 155 cm³/mol. The molecule has 0 fully saturated rings. The quantitative estimate of drug-likeness (QED) is 0.101. The Morgan fingerprint density at radius 2 is 0.794 bits per heavy atom. The van der Waals surface area contributed by atoms with Gasteiger partial charge in [0.25, 0.3) is 0 Å². The van der Waals surface area contributed by atoms with Crippen molar-refractivity contribution in [2.45, 2.75) is 167 Å². The van der Waals surface area contributed by atoms with Gasteiger partial charge >= 0.3 is 7.82 Å². The fourth-order valence-electron chi connectivity index (χ4n) is 4.40. The van der Waals surface area contributed by atoms with Crippen LogP contribution < -0.4 is 0 Å². The van der Waals surface area contributed by atoms with E-state index in [9.17, 15) is 4.57 Å². The largest absolute Gasteiger partial charge is 0.471 e. The molecule has 6 heteroatoms. The molecule has 1 atom stereocenters. The lowest BCUT2D eigenvalue weighted by molar-refractivity contribution is 0.204. The molecule has 0 amide bonds. The van der Waals surface area contributed by atoms with E-state index in [4.69, 9.17) is 4.89 Å². The summed E-state index contributed by atoms with van der Waals surface area (Å²) in [5.41, 5.74) is 0. The molecule has 4 nitrogen and oxygen atoms in total. The second-order valence-electron chi connectivity index (χ2n) is 10.1. The van der Waals surface area contributed by atoms with E-state index in [1.807, 2.05) is 0 Å². The third-order valence-corrected chi connectivity index (χ3v) is 8.59. The maximum absolute atomic E-state index is 10.1. The minimum absolute atomic E-state index is 0.554. The highest BCUT2D eigenvalue weighted by molar-refractivity contribution is 7.47. The summed E-state index contributed by atoms with van der Waals surface area (Å²) in [6, 6.07) is 0. The maximum atomic E-state index is 10.1. The molecule has 0 aliphatic carbocycles. The molecule has 208 valence electrons. The fraction of sp³-hybridized carbons (Fsp3) is 1.00. The third kappa shape index (κ3) is 27.1. The van der Waals surface area contributed by atoms with Gasteiger partial charge in [-0.05, 0) is 24.4 Å². The van der Waals surface area contributed by atoms with E-state index >= 15 is 0 Å². The Hall–Kier alpha value is 0.540. The summed E-state index contributed by atoms with van der Waals surface area (Å²) in [6.07, 6.45) is 31.7. The van der Waals surface area contributed by atoms with Crippen molar-refractivity contribution in [3.05, 3.63) is 0 Å². The summed E-state index contributed by atoms with van der Waals surface area (Å²) in [5, 5.41) is 0.554. The van der Waals surface area contributed by atoms with Gasteiger partial charge in [0.2, 0.25) is 0 Å². The summed E-state index contributed by atoms with van der Waals surface area (Å²) in [7, 11) is 1.89. The summed E-state index contributed by atoms with van der Waals surface area (Å²) < 4.78 is 18.0. The van der Waals surface area contributed by atoms with Gasteiger partial charge in [-0.2, -0.15) is 0 Å². The van der Waals surface area contributed by atoms with E-state index < -0.39 is 7.82 Å². The van der Waals surface area contributed by atoms with Crippen LogP contribution in [0.25, 0.3) is 0 Å². The second-order valence-corrected chi connectivity index (χ2v) is 13.0. The average molecular weight is 525 g/mol. The molecule has 0 saturated heterocycles. The first kappa shape index (κ1) is 36.7. The lowest BCUT2D eigenvalue weighted by atomic mass is 9.88. The van der Waals surface area contributed by atoms with E-state index in [0.29, 0.717) is 5.16 Å². The maximum Gasteiger partial charge on any atom is 0.471 e. The van der Waals surface area contributed by atoms with Crippen molar-refractivity contribution in [1.29, 1.82) is 0 Å². The molecule has 0 aromatic heterocycles. The second kappa shape index (κ2) is 26.6. The van der Waals surface area contributed by atoms with Crippen LogP contribution in [0.5, 0.6) is 0 Å². The minimum atomic E-state index is -3.65. The Morgan fingerprint density at radius 1 is 0.559 bits per heavy atom. The van der Waals surface area contributed by atoms with E-state index in [1.165, 1.54) is 141 Å². The zero-order valence-corrected chi connectivity index (χ0v) is 25.8. The lowest BCUT2D eigenvalue weighted by Crippen LogP contribution is -2.20. The van der Waals surface area contributed by atoms with Gasteiger partial charge in [0.1, 0.15) is 0 Å². The van der Waals surface area contributed by atoms with Crippen molar-refractivity contribution in [3.8, 4) is 0 Å². The normalized spacial score (nSPS) is 12.0. The molecule has 0 spiro atoms. The summed E-state index contributed by atoms with van der Waals surface area (Å²) in [5.74, 6) is 0. The lowest BCUT2D eigenvalue weighted by Gasteiger charge is -2.30. The summed E-state index contributed by atoms with van der Waals surface area (Å²) in [6.45, 7) is 6.94. The molecule has 0 aromatic rings. The van der Waals surface area contributed by atoms with E-state index in [1.54, 1.807) is 0 Å². The molecule has 0 aliphatic rings. The monoisotopic (exact) mass is 524 g/mol. The molecular formula is C28H62O4P2. The topological polar surface area (TPSA) is 55.8 Å². The first-order chi connectivity index (χ1) is 16.3. The van der Waals surface area contributed by atoms with Gasteiger partial charge in [-0.15, -0.1) is 9.24 Å². The molecular weight excluding hydrogens is 462 g/mol. The van der Waals surface area contributed by atoms with Gasteiger partial charge in [-0.1, -0.05) is 143 Å². The molecule has 0 aromatic carbocycles. The molecule has 0 bridgehead atoms. The highest BCUT2D eigenvalue weighted by Crippen LogP contribution is 2.40. The van der Waals surface area contributed by atoms with Crippen molar-refractivity contribution >= 4 is 17.1 Å². The van der Waals surface area contributed by atoms with Crippen LogP contribution >= 0.6 is 17.1 Å². The van der Waals surface area contributed by atoms with Crippen LogP contribution in [0.4, 0.5) is 0 Å². The molecule has 0 aliphatic heterocycles. The Balaban J connectivity index is 0. The van der Waals surface area contributed by atoms with Gasteiger partial charge in [0.05, 0.1) is 0 Å². The zero-order valence-electron chi connectivity index (χ0n) is 23.8. The Labute approximate surface area is 216 Å². The van der Waals surface area contributed by atoms with E-state index in [2.05, 4.69) is 39.1 Å². The number of hydrogen-bond acceptors (Lipinski definition) is 3. The molecule has 0 rings (SSSR count). The standard InChI is InChI=1S/C26H55P.C2H7O4P/c1-4-7-10-13-16-19-22-25-26(27,23-20-17-14-11-8-5-2)24-21-18-15-12-9-6-3;1-5-7(3,4)6-2/h4-25,27H2,1-3H3;1-2H3,(H,3,4). The van der Waals surface area contributed by atoms with Gasteiger partial charge < -0.3 is 4.89 Å². The fourth-order valence-corrected chi connectivity index (χ4v) is 5.16. The Bertz CT molecular complexity index is 422. The Kier molecular flexibility index (Phi) is 28.7. The molecule has 0 saturated carbocycles. The van der Waals surface area contributed by atoms with Gasteiger partial charge in [-0.25, -0.2) is 4.57 Å². The predicted octanol–water partition coefficient (Wildman–Crippen LogP) is 10.6. The van der Waals surface area contributed by atoms with Gasteiger partial charge in [-0.3, -0.25) is 9.05 Å². The number of unbranched alkanes of at least 4 members (excludes halogenated alkanes) is 16. The van der Waals surface area contributed by atoms with Crippen LogP contribution in [0, 0.1) is 0 Å². The molecule has 1 unspecified atom stereocenters. The molecule has 0 radical (unpaired) electrons. The number of hydrogen-bond donors (Lipinski definition) is 1. The van der Waals surface area contributed by atoms with Gasteiger partial charge in [0.15, 0.2) is 0 Å². The first-order valence-corrected chi connectivity index (χ1v) is 16.6. The van der Waals surface area contributed by atoms with Crippen LogP contribution in [0.3, 0.4) is 0 Å². The van der Waals surface area contributed by atoms with Gasteiger partial charge in [0, 0.05) is 14.2 Å². The van der Waals surface area contributed by atoms with E-state index in [-0.39, 0.29) is 0 Å². The number of phosphoric ester groups is 1. The number of phosphoric acid groups is 1. The molecule has 1 N–H and O–H groups in total. The highest BCUT2D eigenvalue weighted by Gasteiger charge is 2.23. The first-order valence-electron chi connectivity index (χ1n) is 14.5.